The van der Waals surface area contributed by atoms with Crippen LogP contribution in [-0.2, 0) is 17.8 Å². The van der Waals surface area contributed by atoms with Crippen LogP contribution in [0.2, 0.25) is 0 Å². The van der Waals surface area contributed by atoms with Crippen LogP contribution in [0, 0.1) is 11.7 Å². The Morgan fingerprint density at radius 2 is 2.11 bits per heavy atom. The van der Waals surface area contributed by atoms with Crippen LogP contribution in [0.3, 0.4) is 0 Å². The molecule has 0 bridgehead atoms. The van der Waals surface area contributed by atoms with Gasteiger partial charge in [0.2, 0.25) is 0 Å². The second-order valence-electron chi connectivity index (χ2n) is 4.61. The normalized spacial score (nSPS) is 18.1. The van der Waals surface area contributed by atoms with Gasteiger partial charge in [0.25, 0.3) is 0 Å². The highest BCUT2D eigenvalue weighted by atomic mass is 19.1. The minimum Gasteiger partial charge on any atom is -0.481 e. The molecule has 0 amide bonds. The molecule has 6 heteroatoms. The van der Waals surface area contributed by atoms with Crippen molar-refractivity contribution in [3.8, 4) is 11.4 Å². The van der Waals surface area contributed by atoms with E-state index in [4.69, 9.17) is 5.11 Å². The van der Waals surface area contributed by atoms with Crippen molar-refractivity contribution in [1.82, 2.24) is 14.8 Å². The number of carbonyl (C=O) groups is 1. The Kier molecular flexibility index (Phi) is 2.77. The van der Waals surface area contributed by atoms with Crippen molar-refractivity contribution in [2.45, 2.75) is 19.4 Å². The van der Waals surface area contributed by atoms with Crippen molar-refractivity contribution < 1.29 is 14.3 Å². The molecule has 0 saturated carbocycles. The Labute approximate surface area is 108 Å². The summed E-state index contributed by atoms with van der Waals surface area (Å²) < 4.78 is 14.5. The minimum absolute atomic E-state index is 0.307. The van der Waals surface area contributed by atoms with E-state index in [2.05, 4.69) is 10.1 Å². The molecule has 1 aliphatic rings. The number of fused-ring (bicyclic) bond motifs is 1. The van der Waals surface area contributed by atoms with Crippen LogP contribution in [0.15, 0.2) is 24.3 Å². The van der Waals surface area contributed by atoms with E-state index in [1.54, 1.807) is 16.8 Å². The number of hydrogen-bond donors (Lipinski definition) is 1. The summed E-state index contributed by atoms with van der Waals surface area (Å²) in [5.74, 6) is -0.212. The fourth-order valence-corrected chi connectivity index (χ4v) is 2.23. The molecule has 0 saturated heterocycles. The molecule has 5 nitrogen and oxygen atoms in total. The molecule has 2 aromatic rings. The van der Waals surface area contributed by atoms with Crippen LogP contribution in [0.1, 0.15) is 12.2 Å². The van der Waals surface area contributed by atoms with Gasteiger partial charge in [0.05, 0.1) is 12.5 Å². The van der Waals surface area contributed by atoms with Gasteiger partial charge in [-0.25, -0.2) is 14.1 Å². The Hall–Kier alpha value is -2.24. The lowest BCUT2D eigenvalue weighted by Gasteiger charge is -2.18. The minimum atomic E-state index is -0.801. The number of nitrogens with zero attached hydrogens (tertiary/aromatic N) is 3. The van der Waals surface area contributed by atoms with E-state index in [-0.39, 0.29) is 5.82 Å². The molecule has 1 aromatic carbocycles. The Morgan fingerprint density at radius 1 is 1.37 bits per heavy atom. The number of aryl methyl sites for hydroxylation is 1. The summed E-state index contributed by atoms with van der Waals surface area (Å²) in [7, 11) is 0. The average molecular weight is 261 g/mol. The fourth-order valence-electron chi connectivity index (χ4n) is 2.23. The van der Waals surface area contributed by atoms with Crippen LogP contribution >= 0.6 is 0 Å². The maximum absolute atomic E-state index is 12.9. The maximum atomic E-state index is 12.9. The molecule has 1 unspecified atom stereocenters. The van der Waals surface area contributed by atoms with Gasteiger partial charge in [-0.1, -0.05) is 0 Å². The molecule has 0 aliphatic carbocycles. The van der Waals surface area contributed by atoms with Crippen molar-refractivity contribution >= 4 is 5.97 Å². The van der Waals surface area contributed by atoms with Gasteiger partial charge >= 0.3 is 5.97 Å². The highest BCUT2D eigenvalue weighted by molar-refractivity contribution is 5.70. The SMILES string of the molecule is O=C(O)C1CCc2nc(-c3ccc(F)cc3)nn2C1. The Bertz CT molecular complexity index is 621. The summed E-state index contributed by atoms with van der Waals surface area (Å²) in [6, 6.07) is 5.95. The number of aromatic nitrogens is 3. The molecule has 1 aromatic heterocycles. The first kappa shape index (κ1) is 11.8. The molecule has 1 aliphatic heterocycles. The van der Waals surface area contributed by atoms with E-state index in [0.717, 1.165) is 11.4 Å². The number of carboxylic acid groups (broad SMARTS) is 1. The highest BCUT2D eigenvalue weighted by Crippen LogP contribution is 2.22. The van der Waals surface area contributed by atoms with Crippen LogP contribution < -0.4 is 0 Å². The highest BCUT2D eigenvalue weighted by Gasteiger charge is 2.26. The summed E-state index contributed by atoms with van der Waals surface area (Å²) in [5.41, 5.74) is 0.732. The van der Waals surface area contributed by atoms with E-state index in [1.165, 1.54) is 12.1 Å². The van der Waals surface area contributed by atoms with Gasteiger partial charge in [0.15, 0.2) is 5.82 Å². The lowest BCUT2D eigenvalue weighted by Crippen LogP contribution is -2.27. The second-order valence-corrected chi connectivity index (χ2v) is 4.61. The molecular weight excluding hydrogens is 249 g/mol. The summed E-state index contributed by atoms with van der Waals surface area (Å²) in [6.45, 7) is 0.346. The number of rotatable bonds is 2. The first-order valence-electron chi connectivity index (χ1n) is 6.06. The van der Waals surface area contributed by atoms with E-state index in [1.807, 2.05) is 0 Å². The second kappa shape index (κ2) is 4.46. The van der Waals surface area contributed by atoms with E-state index >= 15 is 0 Å². The van der Waals surface area contributed by atoms with Crippen molar-refractivity contribution in [2.75, 3.05) is 0 Å². The first-order valence-corrected chi connectivity index (χ1v) is 6.06. The molecule has 0 radical (unpaired) electrons. The van der Waals surface area contributed by atoms with Gasteiger partial charge in [-0.2, -0.15) is 5.10 Å². The third kappa shape index (κ3) is 2.21. The smallest absolute Gasteiger partial charge is 0.308 e. The largest absolute Gasteiger partial charge is 0.481 e. The van der Waals surface area contributed by atoms with E-state index in [9.17, 15) is 9.18 Å². The zero-order valence-corrected chi connectivity index (χ0v) is 10.1. The summed E-state index contributed by atoms with van der Waals surface area (Å²) >= 11 is 0. The average Bonchev–Trinajstić information content (AvgIpc) is 2.82. The molecule has 1 N–H and O–H groups in total. The quantitative estimate of drug-likeness (QED) is 0.894. The number of carboxylic acids is 1. The lowest BCUT2D eigenvalue weighted by atomic mass is 10.0. The molecule has 3 rings (SSSR count). The van der Waals surface area contributed by atoms with E-state index in [0.29, 0.717) is 25.2 Å². The molecule has 0 spiro atoms. The Balaban J connectivity index is 1.91. The number of hydrogen-bond acceptors (Lipinski definition) is 3. The maximum Gasteiger partial charge on any atom is 0.308 e. The van der Waals surface area contributed by atoms with Crippen LogP contribution in [0.4, 0.5) is 4.39 Å². The predicted octanol–water partition coefficient (Wildman–Crippen LogP) is 1.73. The van der Waals surface area contributed by atoms with Crippen LogP contribution in [0.5, 0.6) is 0 Å². The monoisotopic (exact) mass is 261 g/mol. The molecule has 19 heavy (non-hydrogen) atoms. The van der Waals surface area contributed by atoms with Crippen LogP contribution in [-0.4, -0.2) is 25.8 Å². The van der Waals surface area contributed by atoms with Crippen molar-refractivity contribution in [2.24, 2.45) is 5.92 Å². The van der Waals surface area contributed by atoms with Gasteiger partial charge in [0.1, 0.15) is 11.6 Å². The molecular formula is C13H12FN3O2. The molecule has 1 atom stereocenters. The summed E-state index contributed by atoms with van der Waals surface area (Å²) in [6.07, 6.45) is 1.18. The topological polar surface area (TPSA) is 68.0 Å². The van der Waals surface area contributed by atoms with Crippen molar-refractivity contribution in [3.63, 3.8) is 0 Å². The molecule has 0 fully saturated rings. The lowest BCUT2D eigenvalue weighted by molar-refractivity contribution is -0.142. The zero-order valence-electron chi connectivity index (χ0n) is 10.1. The Morgan fingerprint density at radius 3 is 2.79 bits per heavy atom. The number of halogens is 1. The number of benzene rings is 1. The van der Waals surface area contributed by atoms with Crippen LogP contribution in [0.25, 0.3) is 11.4 Å². The van der Waals surface area contributed by atoms with Gasteiger partial charge in [0, 0.05) is 12.0 Å². The summed E-state index contributed by atoms with van der Waals surface area (Å²) in [4.78, 5) is 15.4. The van der Waals surface area contributed by atoms with Crippen molar-refractivity contribution in [1.29, 1.82) is 0 Å². The molecule has 98 valence electrons. The fraction of sp³-hybridized carbons (Fsp3) is 0.308. The molecule has 2 heterocycles. The number of aliphatic carboxylic acids is 1. The van der Waals surface area contributed by atoms with Gasteiger partial charge in [-0.3, -0.25) is 4.79 Å². The van der Waals surface area contributed by atoms with E-state index < -0.39 is 11.9 Å². The first-order chi connectivity index (χ1) is 9.13. The van der Waals surface area contributed by atoms with Gasteiger partial charge in [-0.05, 0) is 30.7 Å². The summed E-state index contributed by atoms with van der Waals surface area (Å²) in [5, 5.41) is 13.3. The zero-order chi connectivity index (χ0) is 13.4. The third-order valence-electron chi connectivity index (χ3n) is 3.31. The van der Waals surface area contributed by atoms with Crippen molar-refractivity contribution in [3.05, 3.63) is 35.9 Å². The predicted molar refractivity (Wildman–Crippen MR) is 64.9 cm³/mol. The third-order valence-corrected chi connectivity index (χ3v) is 3.31. The van der Waals surface area contributed by atoms with Gasteiger partial charge < -0.3 is 5.11 Å². The standard InChI is InChI=1S/C13H12FN3O2/c14-10-4-1-8(2-5-10)12-15-11-6-3-9(13(18)19)7-17(11)16-12/h1-2,4-5,9H,3,6-7H2,(H,18,19). The van der Waals surface area contributed by atoms with Gasteiger partial charge in [-0.15, -0.1) is 0 Å².